The summed E-state index contributed by atoms with van der Waals surface area (Å²) < 4.78 is 0. The monoisotopic (exact) mass is 275 g/mol. The molecule has 0 atom stereocenters. The molecule has 3 N–H and O–H groups in total. The number of pyridine rings is 1. The fourth-order valence-electron chi connectivity index (χ4n) is 2.18. The highest BCUT2D eigenvalue weighted by molar-refractivity contribution is 5.89. The Bertz CT molecular complexity index is 522. The summed E-state index contributed by atoms with van der Waals surface area (Å²) in [5.41, 5.74) is 0.478. The Labute approximate surface area is 116 Å². The number of aliphatic carboxylic acids is 1. The smallest absolute Gasteiger partial charge is 0.328 e. The van der Waals surface area contributed by atoms with E-state index < -0.39 is 5.97 Å². The van der Waals surface area contributed by atoms with Gasteiger partial charge in [0.1, 0.15) is 5.82 Å². The van der Waals surface area contributed by atoms with Crippen molar-refractivity contribution in [1.29, 1.82) is 0 Å². The average molecular weight is 275 g/mol. The zero-order chi connectivity index (χ0) is 14.4. The van der Waals surface area contributed by atoms with E-state index in [0.29, 0.717) is 11.5 Å². The van der Waals surface area contributed by atoms with Crippen LogP contribution in [0.5, 0.6) is 0 Å². The lowest BCUT2D eigenvalue weighted by Crippen LogP contribution is -2.36. The van der Waals surface area contributed by atoms with E-state index in [1.165, 1.54) is 6.08 Å². The molecule has 1 aliphatic carbocycles. The predicted octanol–water partition coefficient (Wildman–Crippen LogP) is 2.24. The molecule has 0 radical (unpaired) electrons. The highest BCUT2D eigenvalue weighted by atomic mass is 16.4. The number of rotatable bonds is 4. The van der Waals surface area contributed by atoms with Gasteiger partial charge in [-0.15, -0.1) is 0 Å². The molecule has 106 valence electrons. The number of aromatic nitrogens is 1. The molecule has 1 aliphatic rings. The molecular weight excluding hydrogens is 258 g/mol. The molecule has 0 aromatic carbocycles. The van der Waals surface area contributed by atoms with Gasteiger partial charge in [0.15, 0.2) is 0 Å². The number of urea groups is 1. The van der Waals surface area contributed by atoms with E-state index in [0.717, 1.165) is 31.8 Å². The van der Waals surface area contributed by atoms with E-state index in [1.54, 1.807) is 18.2 Å². The minimum atomic E-state index is -1.04. The Morgan fingerprint density at radius 1 is 1.30 bits per heavy atom. The van der Waals surface area contributed by atoms with E-state index in [-0.39, 0.29) is 12.1 Å². The summed E-state index contributed by atoms with van der Waals surface area (Å²) in [5.74, 6) is -0.642. The SMILES string of the molecule is O=C(O)/C=C/c1cccc(NC(=O)NC2CCCC2)n1. The van der Waals surface area contributed by atoms with Crippen molar-refractivity contribution in [3.05, 3.63) is 30.0 Å². The normalized spacial score (nSPS) is 15.4. The van der Waals surface area contributed by atoms with Crippen LogP contribution in [0.2, 0.25) is 0 Å². The highest BCUT2D eigenvalue weighted by Crippen LogP contribution is 2.17. The molecule has 0 unspecified atom stereocenters. The molecule has 1 saturated carbocycles. The molecular formula is C14H17N3O3. The standard InChI is InChI=1S/C14H17N3O3/c18-13(19)9-8-11-6-3-7-12(15-11)17-14(20)16-10-4-1-2-5-10/h3,6-10H,1-2,4-5H2,(H,18,19)(H2,15,16,17,20)/b9-8+. The number of hydrogen-bond donors (Lipinski definition) is 3. The first-order valence-electron chi connectivity index (χ1n) is 6.59. The molecule has 1 aromatic rings. The van der Waals surface area contributed by atoms with Crippen LogP contribution in [-0.4, -0.2) is 28.1 Å². The van der Waals surface area contributed by atoms with Crippen LogP contribution in [0.15, 0.2) is 24.3 Å². The van der Waals surface area contributed by atoms with E-state index in [9.17, 15) is 9.59 Å². The molecule has 2 amide bonds. The van der Waals surface area contributed by atoms with Crippen LogP contribution < -0.4 is 10.6 Å². The Hall–Kier alpha value is -2.37. The maximum Gasteiger partial charge on any atom is 0.328 e. The van der Waals surface area contributed by atoms with Crippen LogP contribution in [0.4, 0.5) is 10.6 Å². The molecule has 0 aliphatic heterocycles. The summed E-state index contributed by atoms with van der Waals surface area (Å²) in [5, 5.41) is 14.1. The van der Waals surface area contributed by atoms with Gasteiger partial charge >= 0.3 is 12.0 Å². The molecule has 0 bridgehead atoms. The zero-order valence-electron chi connectivity index (χ0n) is 11.0. The van der Waals surface area contributed by atoms with Gasteiger partial charge in [0.25, 0.3) is 0 Å². The van der Waals surface area contributed by atoms with Crippen molar-refractivity contribution in [2.75, 3.05) is 5.32 Å². The number of amides is 2. The highest BCUT2D eigenvalue weighted by Gasteiger charge is 2.17. The van der Waals surface area contributed by atoms with Crippen LogP contribution in [0.25, 0.3) is 6.08 Å². The van der Waals surface area contributed by atoms with Gasteiger partial charge in [0, 0.05) is 12.1 Å². The van der Waals surface area contributed by atoms with Crippen LogP contribution in [0.3, 0.4) is 0 Å². The van der Waals surface area contributed by atoms with Gasteiger partial charge < -0.3 is 10.4 Å². The number of carboxylic acid groups (broad SMARTS) is 1. The van der Waals surface area contributed by atoms with Gasteiger partial charge in [-0.2, -0.15) is 0 Å². The molecule has 1 fully saturated rings. The first-order valence-corrected chi connectivity index (χ1v) is 6.59. The largest absolute Gasteiger partial charge is 0.478 e. The number of nitrogens with one attached hydrogen (secondary N) is 2. The van der Waals surface area contributed by atoms with Gasteiger partial charge in [-0.3, -0.25) is 5.32 Å². The van der Waals surface area contributed by atoms with Crippen molar-refractivity contribution in [3.8, 4) is 0 Å². The molecule has 2 rings (SSSR count). The van der Waals surface area contributed by atoms with Crippen LogP contribution >= 0.6 is 0 Å². The number of carbonyl (C=O) groups excluding carboxylic acids is 1. The Kier molecular flexibility index (Phi) is 4.70. The summed E-state index contributed by atoms with van der Waals surface area (Å²) >= 11 is 0. The number of carboxylic acids is 1. The molecule has 6 heteroatoms. The predicted molar refractivity (Wildman–Crippen MR) is 75.3 cm³/mol. The number of hydrogen-bond acceptors (Lipinski definition) is 3. The molecule has 0 spiro atoms. The lowest BCUT2D eigenvalue weighted by atomic mass is 10.2. The molecule has 20 heavy (non-hydrogen) atoms. The maximum atomic E-state index is 11.8. The van der Waals surface area contributed by atoms with Gasteiger partial charge in [-0.25, -0.2) is 14.6 Å². The second kappa shape index (κ2) is 6.70. The Morgan fingerprint density at radius 3 is 2.75 bits per heavy atom. The summed E-state index contributed by atoms with van der Waals surface area (Å²) in [6.07, 6.45) is 6.72. The molecule has 1 heterocycles. The van der Waals surface area contributed by atoms with Crippen LogP contribution in [0.1, 0.15) is 31.4 Å². The average Bonchev–Trinajstić information content (AvgIpc) is 2.89. The van der Waals surface area contributed by atoms with Gasteiger partial charge in [0.05, 0.1) is 5.69 Å². The molecule has 1 aromatic heterocycles. The van der Waals surface area contributed by atoms with Gasteiger partial charge in [-0.05, 0) is 31.1 Å². The summed E-state index contributed by atoms with van der Waals surface area (Å²) in [7, 11) is 0. The van der Waals surface area contributed by atoms with Crippen molar-refractivity contribution in [3.63, 3.8) is 0 Å². The van der Waals surface area contributed by atoms with Crippen molar-refractivity contribution in [1.82, 2.24) is 10.3 Å². The second-order valence-corrected chi connectivity index (χ2v) is 4.70. The Balaban J connectivity index is 1.93. The number of nitrogens with zero attached hydrogens (tertiary/aromatic N) is 1. The first-order chi connectivity index (χ1) is 9.63. The van der Waals surface area contributed by atoms with Crippen molar-refractivity contribution in [2.24, 2.45) is 0 Å². The summed E-state index contributed by atoms with van der Waals surface area (Å²) in [4.78, 5) is 26.3. The summed E-state index contributed by atoms with van der Waals surface area (Å²) in [6, 6.07) is 5.00. The van der Waals surface area contributed by atoms with Crippen LogP contribution in [-0.2, 0) is 4.79 Å². The number of carbonyl (C=O) groups is 2. The van der Waals surface area contributed by atoms with Crippen LogP contribution in [0, 0.1) is 0 Å². The number of anilines is 1. The molecule has 6 nitrogen and oxygen atoms in total. The van der Waals surface area contributed by atoms with E-state index in [1.807, 2.05) is 0 Å². The van der Waals surface area contributed by atoms with Crippen molar-refractivity contribution < 1.29 is 14.7 Å². The maximum absolute atomic E-state index is 11.8. The third-order valence-corrected chi connectivity index (χ3v) is 3.10. The minimum absolute atomic E-state index is 0.241. The third kappa shape index (κ3) is 4.38. The quantitative estimate of drug-likeness (QED) is 0.735. The fourth-order valence-corrected chi connectivity index (χ4v) is 2.18. The van der Waals surface area contributed by atoms with Gasteiger partial charge in [0.2, 0.25) is 0 Å². The van der Waals surface area contributed by atoms with E-state index >= 15 is 0 Å². The first kappa shape index (κ1) is 14.0. The van der Waals surface area contributed by atoms with E-state index in [4.69, 9.17) is 5.11 Å². The molecule has 0 saturated heterocycles. The van der Waals surface area contributed by atoms with Crippen molar-refractivity contribution >= 4 is 23.9 Å². The third-order valence-electron chi connectivity index (χ3n) is 3.10. The summed E-state index contributed by atoms with van der Waals surface area (Å²) in [6.45, 7) is 0. The zero-order valence-corrected chi connectivity index (χ0v) is 11.0. The lowest BCUT2D eigenvalue weighted by molar-refractivity contribution is -0.131. The fraction of sp³-hybridized carbons (Fsp3) is 0.357. The second-order valence-electron chi connectivity index (χ2n) is 4.70. The van der Waals surface area contributed by atoms with E-state index in [2.05, 4.69) is 15.6 Å². The topological polar surface area (TPSA) is 91.3 Å². The lowest BCUT2D eigenvalue weighted by Gasteiger charge is -2.12. The van der Waals surface area contributed by atoms with Gasteiger partial charge in [-0.1, -0.05) is 18.9 Å². The Morgan fingerprint density at radius 2 is 2.05 bits per heavy atom. The minimum Gasteiger partial charge on any atom is -0.478 e. The van der Waals surface area contributed by atoms with Crippen molar-refractivity contribution in [2.45, 2.75) is 31.7 Å².